The van der Waals surface area contributed by atoms with E-state index in [1.54, 1.807) is 0 Å². The molecule has 0 spiro atoms. The monoisotopic (exact) mass is 300 g/mol. The molecular weight excluding hydrogens is 284 g/mol. The van der Waals surface area contributed by atoms with Gasteiger partial charge in [0.05, 0.1) is 16.7 Å². The van der Waals surface area contributed by atoms with Crippen LogP contribution in [0.4, 0.5) is 5.69 Å². The van der Waals surface area contributed by atoms with Crippen molar-refractivity contribution in [3.8, 4) is 0 Å². The fourth-order valence-electron chi connectivity index (χ4n) is 2.04. The summed E-state index contributed by atoms with van der Waals surface area (Å²) >= 11 is 0. The maximum atomic E-state index is 4.54. The molecule has 0 unspecified atom stereocenters. The van der Waals surface area contributed by atoms with E-state index in [1.165, 1.54) is 0 Å². The number of aromatic nitrogens is 2. The van der Waals surface area contributed by atoms with Crippen LogP contribution in [-0.2, 0) is 6.42 Å². The van der Waals surface area contributed by atoms with Crippen LogP contribution in [-0.4, -0.2) is 15.7 Å². The fraction of sp³-hybridized carbons (Fsp3) is 0.125. The molecule has 2 aromatic carbocycles. The predicted molar refractivity (Wildman–Crippen MR) is 90.2 cm³/mol. The topological polar surface area (TPSA) is 53.1 Å². The average molecular weight is 301 g/mol. The van der Waals surface area contributed by atoms with Crippen molar-refractivity contribution in [1.82, 2.24) is 9.97 Å². The van der Waals surface area contributed by atoms with Crippen LogP contribution >= 0.6 is 12.4 Å². The molecule has 0 aliphatic carbocycles. The first-order chi connectivity index (χ1) is 9.81. The Labute approximate surface area is 129 Å². The van der Waals surface area contributed by atoms with Crippen molar-refractivity contribution in [1.29, 1.82) is 0 Å². The van der Waals surface area contributed by atoms with Gasteiger partial charge in [-0.05, 0) is 31.2 Å². The van der Waals surface area contributed by atoms with Gasteiger partial charge in [-0.2, -0.15) is 5.10 Å². The Morgan fingerprint density at radius 2 is 1.81 bits per heavy atom. The van der Waals surface area contributed by atoms with Gasteiger partial charge in [0.15, 0.2) is 0 Å². The van der Waals surface area contributed by atoms with Crippen LogP contribution < -0.4 is 5.43 Å². The molecule has 0 aliphatic rings. The molecule has 0 bridgehead atoms. The number of hydrogen-bond acceptors (Lipinski definition) is 3. The number of hydrogen-bond donors (Lipinski definition) is 2. The van der Waals surface area contributed by atoms with Gasteiger partial charge in [0.25, 0.3) is 0 Å². The number of nitrogens with zero attached hydrogens (tertiary/aromatic N) is 2. The summed E-state index contributed by atoms with van der Waals surface area (Å²) in [6.45, 7) is 1.99. The Morgan fingerprint density at radius 3 is 2.57 bits per heavy atom. The molecule has 0 amide bonds. The standard InChI is InChI=1S/C16H16N4.ClH/c1-12(19-20-13-7-3-2-4-8-13)11-16-17-14-9-5-6-10-15(14)18-16;/h2-10,20H,11H2,1H3,(H,17,18);1H/b19-12-;. The van der Waals surface area contributed by atoms with Crippen LogP contribution in [0.5, 0.6) is 0 Å². The van der Waals surface area contributed by atoms with Gasteiger partial charge in [0.2, 0.25) is 0 Å². The van der Waals surface area contributed by atoms with Crippen LogP contribution in [0.25, 0.3) is 11.0 Å². The molecule has 0 saturated carbocycles. The third-order valence-electron chi connectivity index (χ3n) is 3.01. The minimum atomic E-state index is 0. The minimum absolute atomic E-state index is 0. The first-order valence-electron chi connectivity index (χ1n) is 6.59. The highest BCUT2D eigenvalue weighted by Gasteiger charge is 2.03. The lowest BCUT2D eigenvalue weighted by Gasteiger charge is -2.01. The molecule has 0 aliphatic heterocycles. The molecule has 21 heavy (non-hydrogen) atoms. The lowest BCUT2D eigenvalue weighted by Crippen LogP contribution is -2.03. The number of fused-ring (bicyclic) bond motifs is 1. The molecule has 0 atom stereocenters. The lowest BCUT2D eigenvalue weighted by atomic mass is 10.3. The van der Waals surface area contributed by atoms with E-state index in [4.69, 9.17) is 0 Å². The maximum Gasteiger partial charge on any atom is 0.112 e. The van der Waals surface area contributed by atoms with Crippen molar-refractivity contribution >= 4 is 34.8 Å². The number of anilines is 1. The van der Waals surface area contributed by atoms with Crippen molar-refractivity contribution in [3.05, 3.63) is 60.4 Å². The smallest absolute Gasteiger partial charge is 0.112 e. The van der Waals surface area contributed by atoms with Crippen molar-refractivity contribution < 1.29 is 0 Å². The van der Waals surface area contributed by atoms with Gasteiger partial charge in [-0.3, -0.25) is 5.43 Å². The van der Waals surface area contributed by atoms with E-state index in [2.05, 4.69) is 20.5 Å². The number of para-hydroxylation sites is 3. The molecule has 2 N–H and O–H groups in total. The van der Waals surface area contributed by atoms with Crippen molar-refractivity contribution in [2.24, 2.45) is 5.10 Å². The van der Waals surface area contributed by atoms with E-state index < -0.39 is 0 Å². The Bertz CT molecular complexity index is 701. The Hall–Kier alpha value is -2.33. The molecule has 0 saturated heterocycles. The fourth-order valence-corrected chi connectivity index (χ4v) is 2.04. The number of aromatic amines is 1. The third kappa shape index (κ3) is 3.83. The summed E-state index contributed by atoms with van der Waals surface area (Å²) in [7, 11) is 0. The van der Waals surface area contributed by atoms with E-state index in [-0.39, 0.29) is 12.4 Å². The highest BCUT2D eigenvalue weighted by atomic mass is 35.5. The summed E-state index contributed by atoms with van der Waals surface area (Å²) in [4.78, 5) is 7.85. The molecule has 3 rings (SSSR count). The van der Waals surface area contributed by atoms with Gasteiger partial charge in [0, 0.05) is 12.1 Å². The summed E-state index contributed by atoms with van der Waals surface area (Å²) in [6.07, 6.45) is 0.703. The van der Waals surface area contributed by atoms with E-state index in [9.17, 15) is 0 Å². The maximum absolute atomic E-state index is 4.54. The minimum Gasteiger partial charge on any atom is -0.342 e. The number of hydrazone groups is 1. The molecule has 3 aromatic rings. The van der Waals surface area contributed by atoms with Gasteiger partial charge in [-0.15, -0.1) is 12.4 Å². The summed E-state index contributed by atoms with van der Waals surface area (Å²) in [6, 6.07) is 17.9. The Balaban J connectivity index is 0.00000161. The Kier molecular flexibility index (Phi) is 4.95. The number of nitrogens with one attached hydrogen (secondary N) is 2. The molecule has 108 valence electrons. The number of imidazole rings is 1. The van der Waals surface area contributed by atoms with Gasteiger partial charge in [-0.25, -0.2) is 4.98 Å². The first kappa shape index (κ1) is 15.1. The Morgan fingerprint density at radius 1 is 1.10 bits per heavy atom. The van der Waals surface area contributed by atoms with Crippen LogP contribution in [0.15, 0.2) is 59.7 Å². The largest absolute Gasteiger partial charge is 0.342 e. The zero-order chi connectivity index (χ0) is 13.8. The van der Waals surface area contributed by atoms with Crippen molar-refractivity contribution in [2.45, 2.75) is 13.3 Å². The second kappa shape index (κ2) is 6.90. The quantitative estimate of drug-likeness (QED) is 0.565. The zero-order valence-electron chi connectivity index (χ0n) is 11.7. The molecule has 0 radical (unpaired) electrons. The van der Waals surface area contributed by atoms with Crippen LogP contribution in [0, 0.1) is 0 Å². The molecule has 1 heterocycles. The number of halogens is 1. The number of H-pyrrole nitrogens is 1. The van der Waals surface area contributed by atoms with Gasteiger partial charge >= 0.3 is 0 Å². The molecular formula is C16H17ClN4. The SMILES string of the molecule is C/C(Cc1nc2ccccc2[nH]1)=N/Nc1ccccc1.Cl. The van der Waals surface area contributed by atoms with E-state index in [0.29, 0.717) is 6.42 Å². The van der Waals surface area contributed by atoms with Crippen molar-refractivity contribution in [3.63, 3.8) is 0 Å². The molecule has 5 heteroatoms. The summed E-state index contributed by atoms with van der Waals surface area (Å²) < 4.78 is 0. The number of rotatable bonds is 4. The van der Waals surface area contributed by atoms with E-state index >= 15 is 0 Å². The predicted octanol–water partition coefficient (Wildman–Crippen LogP) is 4.02. The zero-order valence-corrected chi connectivity index (χ0v) is 12.5. The van der Waals surface area contributed by atoms with Gasteiger partial charge in [-0.1, -0.05) is 30.3 Å². The lowest BCUT2D eigenvalue weighted by molar-refractivity contribution is 1.09. The summed E-state index contributed by atoms with van der Waals surface area (Å²) in [5, 5.41) is 4.37. The van der Waals surface area contributed by atoms with Crippen LogP contribution in [0.2, 0.25) is 0 Å². The van der Waals surface area contributed by atoms with Gasteiger partial charge in [0.1, 0.15) is 5.82 Å². The molecule has 1 aromatic heterocycles. The average Bonchev–Trinajstić information content (AvgIpc) is 2.88. The van der Waals surface area contributed by atoms with Crippen LogP contribution in [0.3, 0.4) is 0 Å². The van der Waals surface area contributed by atoms with Crippen molar-refractivity contribution in [2.75, 3.05) is 5.43 Å². The second-order valence-electron chi connectivity index (χ2n) is 4.70. The normalized spacial score (nSPS) is 11.2. The first-order valence-corrected chi connectivity index (χ1v) is 6.59. The highest BCUT2D eigenvalue weighted by Crippen LogP contribution is 2.11. The summed E-state index contributed by atoms with van der Waals surface area (Å²) in [5.41, 5.74) is 7.06. The van der Waals surface area contributed by atoms with E-state index in [0.717, 1.165) is 28.3 Å². The highest BCUT2D eigenvalue weighted by molar-refractivity contribution is 5.85. The third-order valence-corrected chi connectivity index (χ3v) is 3.01. The second-order valence-corrected chi connectivity index (χ2v) is 4.70. The number of benzene rings is 2. The molecule has 4 nitrogen and oxygen atoms in total. The van der Waals surface area contributed by atoms with Crippen LogP contribution in [0.1, 0.15) is 12.7 Å². The summed E-state index contributed by atoms with van der Waals surface area (Å²) in [5.74, 6) is 0.933. The van der Waals surface area contributed by atoms with E-state index in [1.807, 2.05) is 61.5 Å². The van der Waals surface area contributed by atoms with Gasteiger partial charge < -0.3 is 4.98 Å². The molecule has 0 fully saturated rings.